The Morgan fingerprint density at radius 2 is 2.27 bits per heavy atom. The molecular formula is C8H5AuN4O2. The minimum Gasteiger partial charge on any atom is -0.478 e. The van der Waals surface area contributed by atoms with Crippen molar-refractivity contribution >= 4 is 5.97 Å². The molecule has 0 aromatic carbocycles. The number of aromatic nitrogens is 4. The molecule has 2 aromatic heterocycles. The van der Waals surface area contributed by atoms with Gasteiger partial charge in [0.15, 0.2) is 0 Å². The first-order valence-corrected chi connectivity index (χ1v) is 3.76. The molecule has 15 heavy (non-hydrogen) atoms. The Bertz CT molecular complexity index is 440. The third-order valence-electron chi connectivity index (χ3n) is 1.64. The van der Waals surface area contributed by atoms with E-state index in [2.05, 4.69) is 26.6 Å². The Hall–Kier alpha value is -1.50. The summed E-state index contributed by atoms with van der Waals surface area (Å²) in [5.74, 6) is -1.00. The molecule has 2 heterocycles. The van der Waals surface area contributed by atoms with Gasteiger partial charge >= 0.3 is 28.3 Å². The molecule has 80 valence electrons. The van der Waals surface area contributed by atoms with Crippen molar-refractivity contribution in [1.82, 2.24) is 20.4 Å². The van der Waals surface area contributed by atoms with Gasteiger partial charge in [0.05, 0.1) is 5.56 Å². The van der Waals surface area contributed by atoms with Crippen LogP contribution < -0.4 is 0 Å². The van der Waals surface area contributed by atoms with Crippen LogP contribution in [0.4, 0.5) is 0 Å². The Morgan fingerprint density at radius 3 is 2.73 bits per heavy atom. The van der Waals surface area contributed by atoms with Gasteiger partial charge in [0, 0.05) is 6.20 Å². The SMILES string of the molecule is O=C(O)c1ccc(-c2[c-]nn[nH]2)nc1.[Au+]. The maximum absolute atomic E-state index is 10.5. The van der Waals surface area contributed by atoms with Gasteiger partial charge in [0.1, 0.15) is 0 Å². The summed E-state index contributed by atoms with van der Waals surface area (Å²) in [6.45, 7) is 0. The van der Waals surface area contributed by atoms with Gasteiger partial charge in [0.2, 0.25) is 0 Å². The van der Waals surface area contributed by atoms with Crippen molar-refractivity contribution in [1.29, 1.82) is 0 Å². The van der Waals surface area contributed by atoms with Crippen LogP contribution in [0.2, 0.25) is 0 Å². The Morgan fingerprint density at radius 1 is 1.47 bits per heavy atom. The minimum atomic E-state index is -1.00. The quantitative estimate of drug-likeness (QED) is 0.575. The van der Waals surface area contributed by atoms with E-state index in [4.69, 9.17) is 5.11 Å². The standard InChI is InChI=1S/C8H5N4O2.Au/c13-8(14)5-1-2-6(9-3-5)7-4-10-12-11-7;/h1-3H,(H,13,14)(H,10,11,12);/q-1;+1. The molecule has 7 heteroatoms. The van der Waals surface area contributed by atoms with Crippen molar-refractivity contribution in [2.75, 3.05) is 0 Å². The van der Waals surface area contributed by atoms with E-state index in [1.165, 1.54) is 12.3 Å². The number of carboxylic acids is 1. The summed E-state index contributed by atoms with van der Waals surface area (Å²) in [6.07, 6.45) is 3.85. The van der Waals surface area contributed by atoms with Crippen molar-refractivity contribution in [2.45, 2.75) is 0 Å². The van der Waals surface area contributed by atoms with Crippen LogP contribution in [0.3, 0.4) is 0 Å². The number of pyridine rings is 1. The molecule has 0 saturated carbocycles. The molecule has 0 atom stereocenters. The molecule has 0 bridgehead atoms. The van der Waals surface area contributed by atoms with Crippen LogP contribution in [0.5, 0.6) is 0 Å². The predicted molar refractivity (Wildman–Crippen MR) is 45.4 cm³/mol. The number of carbonyl (C=O) groups is 1. The largest absolute Gasteiger partial charge is 1.00 e. The second-order valence-electron chi connectivity index (χ2n) is 2.54. The van der Waals surface area contributed by atoms with E-state index in [-0.39, 0.29) is 27.9 Å². The maximum atomic E-state index is 10.5. The predicted octanol–water partition coefficient (Wildman–Crippen LogP) is 0.363. The number of hydrogen-bond acceptors (Lipinski definition) is 4. The summed E-state index contributed by atoms with van der Waals surface area (Å²) >= 11 is 0. The Balaban J connectivity index is 0.00000112. The number of aromatic carboxylic acids is 1. The average molecular weight is 386 g/mol. The summed E-state index contributed by atoms with van der Waals surface area (Å²) in [7, 11) is 0. The summed E-state index contributed by atoms with van der Waals surface area (Å²) in [6, 6.07) is 3.02. The van der Waals surface area contributed by atoms with Gasteiger partial charge in [-0.1, -0.05) is 28.9 Å². The zero-order valence-corrected chi connectivity index (χ0v) is 9.40. The fourth-order valence-corrected chi connectivity index (χ4v) is 0.958. The molecule has 0 spiro atoms. The van der Waals surface area contributed by atoms with Crippen LogP contribution in [0.15, 0.2) is 18.3 Å². The molecule has 0 saturated heterocycles. The molecule has 0 unspecified atom stereocenters. The Kier molecular flexibility index (Phi) is 3.73. The number of nitrogens with one attached hydrogen (secondary N) is 1. The van der Waals surface area contributed by atoms with Gasteiger partial charge in [-0.25, -0.2) is 9.89 Å². The fraction of sp³-hybridized carbons (Fsp3) is 0. The van der Waals surface area contributed by atoms with Gasteiger partial charge in [0.25, 0.3) is 0 Å². The van der Waals surface area contributed by atoms with Crippen molar-refractivity contribution in [2.24, 2.45) is 0 Å². The normalized spacial score (nSPS) is 9.33. The van der Waals surface area contributed by atoms with Crippen LogP contribution >= 0.6 is 0 Å². The summed E-state index contributed by atoms with van der Waals surface area (Å²) in [5.41, 5.74) is 1.23. The van der Waals surface area contributed by atoms with Gasteiger partial charge in [-0.05, 0) is 0 Å². The first kappa shape index (κ1) is 11.6. The van der Waals surface area contributed by atoms with Crippen LogP contribution in [-0.2, 0) is 22.4 Å². The molecule has 2 rings (SSSR count). The number of aromatic amines is 1. The molecule has 0 aliphatic heterocycles. The first-order valence-electron chi connectivity index (χ1n) is 3.76. The molecule has 6 nitrogen and oxygen atoms in total. The van der Waals surface area contributed by atoms with E-state index in [1.807, 2.05) is 0 Å². The molecule has 0 fully saturated rings. The van der Waals surface area contributed by atoms with Crippen molar-refractivity contribution in [3.63, 3.8) is 0 Å². The van der Waals surface area contributed by atoms with Crippen LogP contribution in [0.25, 0.3) is 11.4 Å². The zero-order valence-electron chi connectivity index (χ0n) is 7.23. The first-order chi connectivity index (χ1) is 6.77. The monoisotopic (exact) mass is 386 g/mol. The summed E-state index contributed by atoms with van der Waals surface area (Å²) in [5, 5.41) is 18.1. The van der Waals surface area contributed by atoms with Crippen LogP contribution in [-0.4, -0.2) is 31.5 Å². The molecule has 2 aromatic rings. The van der Waals surface area contributed by atoms with Crippen LogP contribution in [0.1, 0.15) is 10.4 Å². The zero-order chi connectivity index (χ0) is 9.97. The second kappa shape index (κ2) is 4.83. The summed E-state index contributed by atoms with van der Waals surface area (Å²) in [4.78, 5) is 14.4. The Labute approximate surface area is 100 Å². The van der Waals surface area contributed by atoms with Gasteiger partial charge in [-0.2, -0.15) is 0 Å². The minimum absolute atomic E-state index is 0. The van der Waals surface area contributed by atoms with E-state index in [9.17, 15) is 4.79 Å². The molecule has 0 amide bonds. The molecule has 0 aliphatic rings. The van der Waals surface area contributed by atoms with E-state index in [0.717, 1.165) is 0 Å². The van der Waals surface area contributed by atoms with E-state index in [1.54, 1.807) is 6.07 Å². The average Bonchev–Trinajstić information content (AvgIpc) is 2.71. The summed E-state index contributed by atoms with van der Waals surface area (Å²) < 4.78 is 0. The van der Waals surface area contributed by atoms with Gasteiger partial charge in [-0.3, -0.25) is 5.10 Å². The molecule has 0 aliphatic carbocycles. The smallest absolute Gasteiger partial charge is 0.478 e. The molecule has 0 radical (unpaired) electrons. The van der Waals surface area contributed by atoms with Crippen molar-refractivity contribution in [3.8, 4) is 11.4 Å². The van der Waals surface area contributed by atoms with E-state index in [0.29, 0.717) is 11.4 Å². The number of nitrogens with zero attached hydrogens (tertiary/aromatic N) is 3. The number of rotatable bonds is 2. The number of H-pyrrole nitrogens is 1. The topological polar surface area (TPSA) is 91.8 Å². The second-order valence-corrected chi connectivity index (χ2v) is 2.54. The third-order valence-corrected chi connectivity index (χ3v) is 1.64. The van der Waals surface area contributed by atoms with Crippen LogP contribution in [0, 0.1) is 6.20 Å². The maximum Gasteiger partial charge on any atom is 1.00 e. The molecule has 2 N–H and O–H groups in total. The van der Waals surface area contributed by atoms with E-state index < -0.39 is 5.97 Å². The van der Waals surface area contributed by atoms with Gasteiger partial charge < -0.3 is 10.1 Å². The van der Waals surface area contributed by atoms with Crippen molar-refractivity contribution < 1.29 is 32.3 Å². The third kappa shape index (κ3) is 2.50. The molecular weight excluding hydrogens is 381 g/mol. The van der Waals surface area contributed by atoms with E-state index >= 15 is 0 Å². The number of hydrogen-bond donors (Lipinski definition) is 2. The number of carboxylic acid groups (broad SMARTS) is 1. The van der Waals surface area contributed by atoms with Gasteiger partial charge in [-0.15, -0.1) is 6.07 Å². The fourth-order valence-electron chi connectivity index (χ4n) is 0.958. The van der Waals surface area contributed by atoms with Crippen molar-refractivity contribution in [3.05, 3.63) is 30.1 Å².